The van der Waals surface area contributed by atoms with Gasteiger partial charge in [-0.3, -0.25) is 19.2 Å². The highest BCUT2D eigenvalue weighted by atomic mass is 32.1. The molecule has 4 aromatic carbocycles. The highest BCUT2D eigenvalue weighted by molar-refractivity contribution is 7.09. The van der Waals surface area contributed by atoms with E-state index < -0.39 is 23.9 Å². The van der Waals surface area contributed by atoms with E-state index in [1.54, 1.807) is 112 Å². The third-order valence-electron chi connectivity index (χ3n) is 10.8. The molecule has 0 aliphatic carbocycles. The number of hydrogen-bond donors (Lipinski definition) is 2. The summed E-state index contributed by atoms with van der Waals surface area (Å²) in [5, 5.41) is 12.7. The van der Waals surface area contributed by atoms with Crippen LogP contribution in [0.4, 0.5) is 11.4 Å². The first kappa shape index (κ1) is 44.2. The Kier molecular flexibility index (Phi) is 14.3. The van der Waals surface area contributed by atoms with Crippen molar-refractivity contribution >= 4 is 46.3 Å². The summed E-state index contributed by atoms with van der Waals surface area (Å²) in [5.74, 6) is -0.207. The monoisotopic (exact) mass is 872 g/mol. The van der Waals surface area contributed by atoms with E-state index in [4.69, 9.17) is 23.5 Å². The quantitative estimate of drug-likeness (QED) is 0.113. The molecule has 0 saturated carbocycles. The fraction of sp³-hybridized carbons (Fsp3) is 0.277. The minimum Gasteiger partial charge on any atom is -0.497 e. The van der Waals surface area contributed by atoms with Crippen molar-refractivity contribution in [3.8, 4) is 11.5 Å². The van der Waals surface area contributed by atoms with Crippen molar-refractivity contribution < 1.29 is 42.6 Å². The molecule has 4 heterocycles. The van der Waals surface area contributed by atoms with Crippen LogP contribution >= 0.6 is 11.3 Å². The van der Waals surface area contributed by atoms with Crippen molar-refractivity contribution in [2.45, 2.75) is 30.8 Å². The molecule has 0 bridgehead atoms. The highest BCUT2D eigenvalue weighted by Crippen LogP contribution is 2.45. The lowest BCUT2D eigenvalue weighted by atomic mass is 9.80. The van der Waals surface area contributed by atoms with Gasteiger partial charge in [-0.15, -0.1) is 11.3 Å². The third-order valence-corrected chi connectivity index (χ3v) is 11.7. The standard InChI is InChI=1S/C24H25N3O5.C23H23N3O4S/c1-15-13-20(26-32-15)22-21(23(28)25-16-7-6-8-17(14-16)31-3)18-9-4-5-10-19(18)24(29)27(22)11-12-30-2;1-29-12-11-26-20(22-24-10-13-31-22)19(17-8-3-4-9-18(17)23(26)28)21(27)25-15-6-5-7-16(14-15)30-2/h4-10,13-14,21-22H,11-12H2,1-3H3,(H,25,28);3-10,13-14,19-20H,11-12H2,1-2H3,(H,25,27). The molecule has 2 aromatic heterocycles. The lowest BCUT2D eigenvalue weighted by molar-refractivity contribution is -0.120. The van der Waals surface area contributed by atoms with Gasteiger partial charge in [0.1, 0.15) is 28.0 Å². The fourth-order valence-electron chi connectivity index (χ4n) is 7.97. The molecule has 16 heteroatoms. The molecular weight excluding hydrogens is 825 g/mol. The zero-order chi connectivity index (χ0) is 44.5. The molecule has 8 rings (SSSR count). The van der Waals surface area contributed by atoms with Crippen LogP contribution in [0.25, 0.3) is 0 Å². The predicted molar refractivity (Wildman–Crippen MR) is 236 cm³/mol. The number of ether oxygens (including phenoxy) is 4. The van der Waals surface area contributed by atoms with Crippen LogP contribution in [0.15, 0.2) is 119 Å². The third kappa shape index (κ3) is 9.62. The maximum Gasteiger partial charge on any atom is 0.254 e. The summed E-state index contributed by atoms with van der Waals surface area (Å²) < 4.78 is 26.3. The van der Waals surface area contributed by atoms with Crippen molar-refractivity contribution in [1.82, 2.24) is 19.9 Å². The van der Waals surface area contributed by atoms with Crippen LogP contribution in [0.3, 0.4) is 0 Å². The molecule has 63 heavy (non-hydrogen) atoms. The van der Waals surface area contributed by atoms with Gasteiger partial charge >= 0.3 is 0 Å². The zero-order valence-electron chi connectivity index (χ0n) is 35.5. The maximum absolute atomic E-state index is 13.7. The summed E-state index contributed by atoms with van der Waals surface area (Å²) in [7, 11) is 6.31. The lowest BCUT2D eigenvalue weighted by Gasteiger charge is -2.40. The Balaban J connectivity index is 0.000000189. The predicted octanol–water partition coefficient (Wildman–Crippen LogP) is 7.27. The molecule has 2 aliphatic heterocycles. The van der Waals surface area contributed by atoms with E-state index in [0.29, 0.717) is 87.9 Å². The number of amides is 4. The zero-order valence-corrected chi connectivity index (χ0v) is 36.3. The summed E-state index contributed by atoms with van der Waals surface area (Å²) in [6.45, 7) is 3.13. The van der Waals surface area contributed by atoms with Gasteiger partial charge in [0, 0.05) is 79.6 Å². The number of nitrogens with one attached hydrogen (secondary N) is 2. The Bertz CT molecular complexity index is 2550. The van der Waals surface area contributed by atoms with E-state index in [9.17, 15) is 19.2 Å². The van der Waals surface area contributed by atoms with Crippen LogP contribution < -0.4 is 20.1 Å². The van der Waals surface area contributed by atoms with Gasteiger partial charge in [0.05, 0.1) is 51.4 Å². The van der Waals surface area contributed by atoms with Crippen LogP contribution in [0.2, 0.25) is 0 Å². The summed E-state index contributed by atoms with van der Waals surface area (Å²) in [6, 6.07) is 29.4. The normalized spacial score (nSPS) is 17.8. The number of methoxy groups -OCH3 is 4. The van der Waals surface area contributed by atoms with E-state index >= 15 is 0 Å². The van der Waals surface area contributed by atoms with Crippen LogP contribution in [-0.4, -0.2) is 98.3 Å². The topological polar surface area (TPSA) is 175 Å². The van der Waals surface area contributed by atoms with Gasteiger partial charge in [-0.1, -0.05) is 53.7 Å². The molecule has 4 atom stereocenters. The number of aryl methyl sites for hydroxylation is 1. The number of thiazole rings is 1. The maximum atomic E-state index is 13.7. The van der Waals surface area contributed by atoms with E-state index in [-0.39, 0.29) is 23.6 Å². The largest absolute Gasteiger partial charge is 0.497 e. The smallest absolute Gasteiger partial charge is 0.254 e. The number of carbonyl (C=O) groups is 4. The number of rotatable bonds is 14. The number of aromatic nitrogens is 2. The van der Waals surface area contributed by atoms with Gasteiger partial charge in [-0.25, -0.2) is 4.98 Å². The molecule has 326 valence electrons. The van der Waals surface area contributed by atoms with Crippen molar-refractivity contribution in [3.63, 3.8) is 0 Å². The second-order valence-corrected chi connectivity index (χ2v) is 15.6. The van der Waals surface area contributed by atoms with Crippen molar-refractivity contribution in [1.29, 1.82) is 0 Å². The Morgan fingerprint density at radius 1 is 0.683 bits per heavy atom. The van der Waals surface area contributed by atoms with Crippen LogP contribution in [0, 0.1) is 6.92 Å². The summed E-state index contributed by atoms with van der Waals surface area (Å²) in [4.78, 5) is 61.8. The van der Waals surface area contributed by atoms with Crippen molar-refractivity contribution in [3.05, 3.63) is 153 Å². The molecule has 15 nitrogen and oxygen atoms in total. The first-order valence-electron chi connectivity index (χ1n) is 20.2. The second-order valence-electron chi connectivity index (χ2n) is 14.7. The van der Waals surface area contributed by atoms with Gasteiger partial charge < -0.3 is 43.9 Å². The Morgan fingerprint density at radius 2 is 1.19 bits per heavy atom. The number of nitrogens with zero attached hydrogens (tertiary/aromatic N) is 4. The molecule has 4 unspecified atom stereocenters. The molecule has 2 N–H and O–H groups in total. The molecule has 6 aromatic rings. The van der Waals surface area contributed by atoms with Gasteiger partial charge in [0.2, 0.25) is 11.8 Å². The van der Waals surface area contributed by atoms with Gasteiger partial charge in [0.25, 0.3) is 11.8 Å². The minimum atomic E-state index is -0.698. The number of hydrogen-bond acceptors (Lipinski definition) is 12. The van der Waals surface area contributed by atoms with E-state index in [1.165, 1.54) is 11.3 Å². The number of carbonyl (C=O) groups excluding carboxylic acids is 4. The van der Waals surface area contributed by atoms with Crippen LogP contribution in [0.1, 0.15) is 72.2 Å². The van der Waals surface area contributed by atoms with Gasteiger partial charge in [-0.05, 0) is 54.4 Å². The number of anilines is 2. The highest BCUT2D eigenvalue weighted by Gasteiger charge is 2.47. The van der Waals surface area contributed by atoms with E-state index in [1.807, 2.05) is 47.8 Å². The van der Waals surface area contributed by atoms with Crippen LogP contribution in [-0.2, 0) is 19.1 Å². The Morgan fingerprint density at radius 3 is 1.65 bits per heavy atom. The van der Waals surface area contributed by atoms with Crippen molar-refractivity contribution in [2.24, 2.45) is 0 Å². The summed E-state index contributed by atoms with van der Waals surface area (Å²) >= 11 is 1.43. The molecular formula is C47H48N6O9S. The molecule has 0 saturated heterocycles. The molecule has 4 amide bonds. The number of fused-ring (bicyclic) bond motifs is 2. The fourth-order valence-corrected chi connectivity index (χ4v) is 8.76. The molecule has 0 radical (unpaired) electrons. The first-order valence-corrected chi connectivity index (χ1v) is 21.0. The average molecular weight is 873 g/mol. The van der Waals surface area contributed by atoms with Gasteiger partial charge in [0.15, 0.2) is 0 Å². The van der Waals surface area contributed by atoms with E-state index in [2.05, 4.69) is 20.8 Å². The van der Waals surface area contributed by atoms with Gasteiger partial charge in [-0.2, -0.15) is 0 Å². The molecule has 2 aliphatic rings. The van der Waals surface area contributed by atoms with Crippen LogP contribution in [0.5, 0.6) is 11.5 Å². The Labute approximate surface area is 368 Å². The Hall–Kier alpha value is -6.88. The second kappa shape index (κ2) is 20.3. The SMILES string of the molecule is COCCN1C(=O)c2ccccc2C(C(=O)Nc2cccc(OC)c2)C1c1cc(C)on1.COCCN1C(=O)c2ccccc2C(C(=O)Nc2cccc(OC)c2)C1c1nccs1. The van der Waals surface area contributed by atoms with Crippen molar-refractivity contribution in [2.75, 3.05) is 65.4 Å². The first-order chi connectivity index (χ1) is 30.7. The minimum absolute atomic E-state index is 0.127. The van der Waals surface area contributed by atoms with E-state index in [0.717, 1.165) is 0 Å². The number of benzene rings is 4. The average Bonchev–Trinajstić information content (AvgIpc) is 4.01. The summed E-state index contributed by atoms with van der Waals surface area (Å²) in [5.41, 5.74) is 4.11. The summed E-state index contributed by atoms with van der Waals surface area (Å²) in [6.07, 6.45) is 1.69. The molecule has 0 fully saturated rings. The molecule has 0 spiro atoms. The lowest BCUT2D eigenvalue weighted by Crippen LogP contribution is -2.47.